The van der Waals surface area contributed by atoms with Crippen LogP contribution in [0.15, 0.2) is 0 Å². The minimum atomic E-state index is -0.123. The Morgan fingerprint density at radius 2 is 2.12 bits per heavy atom. The van der Waals surface area contributed by atoms with Gasteiger partial charge < -0.3 is 15.4 Å². The summed E-state index contributed by atoms with van der Waals surface area (Å²) in [6.45, 7) is 5.23. The molecule has 17 heavy (non-hydrogen) atoms. The van der Waals surface area contributed by atoms with Crippen molar-refractivity contribution < 1.29 is 9.53 Å². The minimum Gasteiger partial charge on any atom is -0.383 e. The molecule has 2 N–H and O–H groups in total. The molecule has 1 aliphatic rings. The number of amides is 1. The van der Waals surface area contributed by atoms with Gasteiger partial charge in [-0.3, -0.25) is 4.79 Å². The van der Waals surface area contributed by atoms with E-state index in [0.29, 0.717) is 19.2 Å². The fourth-order valence-electron chi connectivity index (χ4n) is 2.23. The molecule has 4 heteroatoms. The van der Waals surface area contributed by atoms with Gasteiger partial charge in [0.1, 0.15) is 0 Å². The number of hydrogen-bond donors (Lipinski definition) is 2. The number of methoxy groups -OCH3 is 1. The quantitative estimate of drug-likeness (QED) is 0.631. The van der Waals surface area contributed by atoms with E-state index in [1.54, 1.807) is 7.11 Å². The maximum absolute atomic E-state index is 11.7. The molecular weight excluding hydrogens is 216 g/mol. The molecule has 0 radical (unpaired) electrons. The lowest BCUT2D eigenvalue weighted by Crippen LogP contribution is -2.47. The first-order valence-electron chi connectivity index (χ1n) is 6.66. The maximum Gasteiger partial charge on any atom is 0.236 e. The van der Waals surface area contributed by atoms with Gasteiger partial charge in [-0.15, -0.1) is 0 Å². The fraction of sp³-hybridized carbons (Fsp3) is 0.923. The molecule has 1 saturated carbocycles. The molecule has 2 atom stereocenters. The first-order valence-corrected chi connectivity index (χ1v) is 6.66. The van der Waals surface area contributed by atoms with Crippen molar-refractivity contribution in [2.24, 2.45) is 5.92 Å². The number of ether oxygens (including phenoxy) is 1. The number of carbonyl (C=O) groups is 1. The predicted octanol–water partition coefficient (Wildman–Crippen LogP) is 1.31. The average Bonchev–Trinajstić information content (AvgIpc) is 2.23. The molecule has 1 aliphatic carbocycles. The Labute approximate surface area is 104 Å². The van der Waals surface area contributed by atoms with Crippen molar-refractivity contribution in [3.8, 4) is 0 Å². The molecule has 0 aliphatic heterocycles. The normalized spacial score (nSPS) is 19.5. The summed E-state index contributed by atoms with van der Waals surface area (Å²) < 4.78 is 4.89. The van der Waals surface area contributed by atoms with Gasteiger partial charge >= 0.3 is 0 Å². The monoisotopic (exact) mass is 242 g/mol. The molecule has 1 rings (SSSR count). The molecule has 4 nitrogen and oxygen atoms in total. The Morgan fingerprint density at radius 3 is 2.65 bits per heavy atom. The third-order valence-corrected chi connectivity index (χ3v) is 3.44. The summed E-state index contributed by atoms with van der Waals surface area (Å²) in [7, 11) is 1.63. The molecule has 0 bridgehead atoms. The van der Waals surface area contributed by atoms with E-state index >= 15 is 0 Å². The number of carbonyl (C=O) groups excluding carboxylic acids is 1. The smallest absolute Gasteiger partial charge is 0.236 e. The van der Waals surface area contributed by atoms with E-state index < -0.39 is 0 Å². The van der Waals surface area contributed by atoms with Crippen molar-refractivity contribution in [3.05, 3.63) is 0 Å². The minimum absolute atomic E-state index is 0.0579. The molecule has 1 amide bonds. The van der Waals surface area contributed by atoms with Crippen LogP contribution >= 0.6 is 0 Å². The highest BCUT2D eigenvalue weighted by molar-refractivity contribution is 5.81. The van der Waals surface area contributed by atoms with Gasteiger partial charge in [0, 0.05) is 19.7 Å². The second kappa shape index (κ2) is 7.67. The van der Waals surface area contributed by atoms with Crippen molar-refractivity contribution in [2.75, 3.05) is 20.3 Å². The summed E-state index contributed by atoms with van der Waals surface area (Å²) in [5, 5.41) is 6.20. The van der Waals surface area contributed by atoms with Crippen molar-refractivity contribution >= 4 is 5.91 Å². The van der Waals surface area contributed by atoms with E-state index in [1.165, 1.54) is 25.7 Å². The zero-order valence-corrected chi connectivity index (χ0v) is 11.3. The summed E-state index contributed by atoms with van der Waals surface area (Å²) in [6, 6.07) is 0.297. The second-order valence-electron chi connectivity index (χ2n) is 5.11. The Hall–Kier alpha value is -0.610. The van der Waals surface area contributed by atoms with Crippen molar-refractivity contribution in [3.63, 3.8) is 0 Å². The van der Waals surface area contributed by atoms with Crippen LogP contribution in [-0.2, 0) is 9.53 Å². The second-order valence-corrected chi connectivity index (χ2v) is 5.11. The molecule has 1 fully saturated rings. The van der Waals surface area contributed by atoms with Crippen molar-refractivity contribution in [2.45, 2.75) is 51.6 Å². The van der Waals surface area contributed by atoms with Crippen LogP contribution in [-0.4, -0.2) is 38.3 Å². The summed E-state index contributed by atoms with van der Waals surface area (Å²) in [5.74, 6) is 0.934. The van der Waals surface area contributed by atoms with Gasteiger partial charge in [-0.2, -0.15) is 0 Å². The van der Waals surface area contributed by atoms with E-state index in [-0.39, 0.29) is 11.9 Å². The standard InChI is InChI=1S/C13H26N2O2/c1-10(9-12-5-4-6-12)15-11(2)13(16)14-7-8-17-3/h10-12,15H,4-9H2,1-3H3,(H,14,16). The largest absolute Gasteiger partial charge is 0.383 e. The van der Waals surface area contributed by atoms with Gasteiger partial charge in [0.25, 0.3) is 0 Å². The fourth-order valence-corrected chi connectivity index (χ4v) is 2.23. The number of rotatable bonds is 8. The molecular formula is C13H26N2O2. The molecule has 0 aromatic heterocycles. The topological polar surface area (TPSA) is 50.4 Å². The van der Waals surface area contributed by atoms with Crippen LogP contribution in [0.1, 0.15) is 39.5 Å². The molecule has 0 heterocycles. The molecule has 2 unspecified atom stereocenters. The number of nitrogens with one attached hydrogen (secondary N) is 2. The molecule has 0 spiro atoms. The molecule has 100 valence electrons. The third-order valence-electron chi connectivity index (χ3n) is 3.44. The Kier molecular flexibility index (Phi) is 6.52. The van der Waals surface area contributed by atoms with Crippen LogP contribution in [0, 0.1) is 5.92 Å². The predicted molar refractivity (Wildman–Crippen MR) is 68.9 cm³/mol. The lowest BCUT2D eigenvalue weighted by molar-refractivity contribution is -0.123. The van der Waals surface area contributed by atoms with Gasteiger partial charge in [0.05, 0.1) is 12.6 Å². The Balaban J connectivity index is 2.12. The first-order chi connectivity index (χ1) is 8.13. The highest BCUT2D eigenvalue weighted by atomic mass is 16.5. The first kappa shape index (κ1) is 14.5. The molecule has 0 aromatic rings. The molecule has 0 saturated heterocycles. The van der Waals surface area contributed by atoms with Crippen LogP contribution < -0.4 is 10.6 Å². The third kappa shape index (κ3) is 5.50. The highest BCUT2D eigenvalue weighted by Crippen LogP contribution is 2.30. The highest BCUT2D eigenvalue weighted by Gasteiger charge is 2.22. The Bertz CT molecular complexity index is 229. The van der Waals surface area contributed by atoms with Gasteiger partial charge in [0.2, 0.25) is 5.91 Å². The van der Waals surface area contributed by atoms with Gasteiger partial charge in [-0.25, -0.2) is 0 Å². The summed E-state index contributed by atoms with van der Waals surface area (Å²) in [6.07, 6.45) is 5.29. The van der Waals surface area contributed by atoms with Crippen LogP contribution in [0.2, 0.25) is 0 Å². The lowest BCUT2D eigenvalue weighted by atomic mass is 9.81. The van der Waals surface area contributed by atoms with Gasteiger partial charge in [-0.1, -0.05) is 19.3 Å². The van der Waals surface area contributed by atoms with Crippen LogP contribution in [0.3, 0.4) is 0 Å². The van der Waals surface area contributed by atoms with E-state index in [1.807, 2.05) is 6.92 Å². The van der Waals surface area contributed by atoms with Crippen LogP contribution in [0.4, 0.5) is 0 Å². The van der Waals surface area contributed by atoms with Gasteiger partial charge in [-0.05, 0) is 26.2 Å². The van der Waals surface area contributed by atoms with Crippen LogP contribution in [0.25, 0.3) is 0 Å². The zero-order chi connectivity index (χ0) is 12.7. The van der Waals surface area contributed by atoms with E-state index in [4.69, 9.17) is 4.74 Å². The van der Waals surface area contributed by atoms with E-state index in [2.05, 4.69) is 17.6 Å². The van der Waals surface area contributed by atoms with Crippen molar-refractivity contribution in [1.29, 1.82) is 0 Å². The van der Waals surface area contributed by atoms with Crippen LogP contribution in [0.5, 0.6) is 0 Å². The molecule has 0 aromatic carbocycles. The Morgan fingerprint density at radius 1 is 1.41 bits per heavy atom. The zero-order valence-electron chi connectivity index (χ0n) is 11.3. The van der Waals surface area contributed by atoms with Crippen molar-refractivity contribution in [1.82, 2.24) is 10.6 Å². The van der Waals surface area contributed by atoms with E-state index in [9.17, 15) is 4.79 Å². The summed E-state index contributed by atoms with van der Waals surface area (Å²) in [5.41, 5.74) is 0. The SMILES string of the molecule is COCCNC(=O)C(C)NC(C)CC1CCC1. The number of hydrogen-bond acceptors (Lipinski definition) is 3. The summed E-state index contributed by atoms with van der Waals surface area (Å²) >= 11 is 0. The maximum atomic E-state index is 11.7. The van der Waals surface area contributed by atoms with E-state index in [0.717, 1.165) is 5.92 Å². The summed E-state index contributed by atoms with van der Waals surface area (Å²) in [4.78, 5) is 11.7. The van der Waals surface area contributed by atoms with Gasteiger partial charge in [0.15, 0.2) is 0 Å². The average molecular weight is 242 g/mol. The lowest BCUT2D eigenvalue weighted by Gasteiger charge is -2.29.